The number of nitrogens with one attached hydrogen (secondary N) is 1. The summed E-state index contributed by atoms with van der Waals surface area (Å²) in [6, 6.07) is 9.58. The number of quaternary nitrogens is 1. The molecule has 3 rings (SSSR count). The van der Waals surface area contributed by atoms with E-state index in [1.165, 1.54) is 35.6 Å². The number of nitrogens with two attached hydrogens (primary N) is 1. The fraction of sp³-hybridized carbons (Fsp3) is 0.381. The van der Waals surface area contributed by atoms with E-state index in [9.17, 15) is 19.3 Å². The summed E-state index contributed by atoms with van der Waals surface area (Å²) in [4.78, 5) is 22.5. The number of amides is 1. The maximum Gasteiger partial charge on any atom is 0.306 e. The van der Waals surface area contributed by atoms with Crippen LogP contribution in [-0.2, 0) is 17.6 Å². The van der Waals surface area contributed by atoms with Crippen molar-refractivity contribution in [2.75, 3.05) is 5.32 Å². The number of hydrogen-bond acceptors (Lipinski definition) is 3. The molecule has 28 heavy (non-hydrogen) atoms. The fourth-order valence-electron chi connectivity index (χ4n) is 3.65. The molecule has 2 atom stereocenters. The van der Waals surface area contributed by atoms with Gasteiger partial charge in [-0.2, -0.15) is 4.39 Å². The zero-order chi connectivity index (χ0) is 20.3. The van der Waals surface area contributed by atoms with Gasteiger partial charge < -0.3 is 10.6 Å². The summed E-state index contributed by atoms with van der Waals surface area (Å²) >= 11 is 0. The number of nitro groups is 1. The van der Waals surface area contributed by atoms with Gasteiger partial charge in [-0.15, -0.1) is 0 Å². The number of anilines is 1. The minimum absolute atomic E-state index is 0.0931. The topological polar surface area (TPSA) is 88.8 Å². The van der Waals surface area contributed by atoms with Crippen molar-refractivity contribution in [2.45, 2.75) is 51.6 Å². The molecule has 148 valence electrons. The average Bonchev–Trinajstić information content (AvgIpc) is 2.68. The second-order valence-electron chi connectivity index (χ2n) is 7.42. The minimum Gasteiger partial charge on any atom is -0.330 e. The largest absolute Gasteiger partial charge is 0.330 e. The van der Waals surface area contributed by atoms with E-state index in [-0.39, 0.29) is 17.6 Å². The van der Waals surface area contributed by atoms with Crippen molar-refractivity contribution in [1.82, 2.24) is 0 Å². The predicted octanol–water partition coefficient (Wildman–Crippen LogP) is 3.26. The zero-order valence-corrected chi connectivity index (χ0v) is 16.1. The van der Waals surface area contributed by atoms with E-state index < -0.39 is 22.5 Å². The molecule has 0 aromatic heterocycles. The van der Waals surface area contributed by atoms with Gasteiger partial charge in [0.05, 0.1) is 4.92 Å². The van der Waals surface area contributed by atoms with E-state index in [0.29, 0.717) is 0 Å². The summed E-state index contributed by atoms with van der Waals surface area (Å²) in [6.45, 7) is 3.83. The summed E-state index contributed by atoms with van der Waals surface area (Å²) in [7, 11) is 0. The Morgan fingerprint density at radius 3 is 2.57 bits per heavy atom. The molecule has 2 aromatic rings. The normalized spacial score (nSPS) is 15.4. The van der Waals surface area contributed by atoms with Gasteiger partial charge in [0, 0.05) is 17.3 Å². The van der Waals surface area contributed by atoms with Crippen LogP contribution in [0.3, 0.4) is 0 Å². The third-order valence-electron chi connectivity index (χ3n) is 5.30. The van der Waals surface area contributed by atoms with Gasteiger partial charge in [0.1, 0.15) is 6.04 Å². The number of rotatable bonds is 6. The van der Waals surface area contributed by atoms with Gasteiger partial charge in [0.2, 0.25) is 5.82 Å². The molecule has 0 radical (unpaired) electrons. The van der Waals surface area contributed by atoms with Crippen molar-refractivity contribution >= 4 is 17.3 Å². The van der Waals surface area contributed by atoms with Crippen LogP contribution < -0.4 is 10.6 Å². The van der Waals surface area contributed by atoms with E-state index >= 15 is 0 Å². The van der Waals surface area contributed by atoms with Gasteiger partial charge in [-0.1, -0.05) is 12.1 Å². The van der Waals surface area contributed by atoms with Gasteiger partial charge in [0.25, 0.3) is 5.91 Å². The van der Waals surface area contributed by atoms with Crippen molar-refractivity contribution in [2.24, 2.45) is 0 Å². The summed E-state index contributed by atoms with van der Waals surface area (Å²) in [5.41, 5.74) is 3.56. The molecule has 0 saturated carbocycles. The highest BCUT2D eigenvalue weighted by Gasteiger charge is 2.23. The van der Waals surface area contributed by atoms with Crippen LogP contribution in [0.5, 0.6) is 0 Å². The minimum atomic E-state index is -0.927. The number of hydrogen-bond donors (Lipinski definition) is 2. The molecule has 0 saturated heterocycles. The lowest BCUT2D eigenvalue weighted by Crippen LogP contribution is -2.91. The Kier molecular flexibility index (Phi) is 6.04. The van der Waals surface area contributed by atoms with Crippen LogP contribution in [-0.4, -0.2) is 16.9 Å². The van der Waals surface area contributed by atoms with Crippen LogP contribution in [0.1, 0.15) is 49.4 Å². The van der Waals surface area contributed by atoms with Crippen molar-refractivity contribution < 1.29 is 19.4 Å². The molecular weight excluding hydrogens is 361 g/mol. The summed E-state index contributed by atoms with van der Waals surface area (Å²) in [5.74, 6) is -1.21. The van der Waals surface area contributed by atoms with Gasteiger partial charge in [-0.3, -0.25) is 14.9 Å². The van der Waals surface area contributed by atoms with E-state index in [2.05, 4.69) is 30.4 Å². The molecule has 1 aliphatic carbocycles. The van der Waals surface area contributed by atoms with E-state index in [4.69, 9.17) is 0 Å². The van der Waals surface area contributed by atoms with Crippen molar-refractivity contribution in [3.8, 4) is 0 Å². The Bertz CT molecular complexity index is 900. The molecule has 7 heteroatoms. The Morgan fingerprint density at radius 1 is 1.14 bits per heavy atom. The number of nitrogens with zero attached hydrogens (tertiary/aromatic N) is 1. The molecule has 0 fully saturated rings. The number of fused-ring (bicyclic) bond motifs is 1. The highest BCUT2D eigenvalue weighted by Crippen LogP contribution is 2.24. The zero-order valence-electron chi connectivity index (χ0n) is 16.1. The third-order valence-corrected chi connectivity index (χ3v) is 5.30. The second-order valence-corrected chi connectivity index (χ2v) is 7.42. The molecule has 1 aliphatic rings. The highest BCUT2D eigenvalue weighted by atomic mass is 19.1. The molecular formula is C21H25FN3O3+. The SMILES string of the molecule is C[C@H]([NH2+][C@H](C)C(=O)Nc1ccc(F)c([N+](=O)[O-])c1)c1ccc2c(c1)CCCC2. The maximum atomic E-state index is 13.4. The average molecular weight is 386 g/mol. The standard InChI is InChI=1S/C21H24FN3O3/c1-13(16-8-7-15-5-3-4-6-17(15)11-16)23-14(2)21(26)24-18-9-10-19(22)20(12-18)25(27)28/h7-14,23H,3-6H2,1-2H3,(H,24,26)/p+1/t13-,14+/m0/s1. The summed E-state index contributed by atoms with van der Waals surface area (Å²) in [5, 5.41) is 15.4. The number of benzene rings is 2. The Morgan fingerprint density at radius 2 is 1.86 bits per heavy atom. The first-order valence-electron chi connectivity index (χ1n) is 9.56. The second kappa shape index (κ2) is 8.48. The lowest BCUT2D eigenvalue weighted by molar-refractivity contribution is -0.709. The van der Waals surface area contributed by atoms with Gasteiger partial charge >= 0.3 is 5.69 Å². The first kappa shape index (κ1) is 19.9. The molecule has 6 nitrogen and oxygen atoms in total. The Hall–Kier alpha value is -2.80. The predicted molar refractivity (Wildman–Crippen MR) is 105 cm³/mol. The van der Waals surface area contributed by atoms with Gasteiger partial charge in [-0.25, -0.2) is 0 Å². The van der Waals surface area contributed by atoms with Gasteiger partial charge in [-0.05, 0) is 68.9 Å². The summed E-state index contributed by atoms with van der Waals surface area (Å²) < 4.78 is 13.4. The number of halogens is 1. The van der Waals surface area contributed by atoms with Crippen LogP contribution in [0.25, 0.3) is 0 Å². The Labute approximate surface area is 163 Å². The van der Waals surface area contributed by atoms with Crippen LogP contribution in [0.2, 0.25) is 0 Å². The van der Waals surface area contributed by atoms with E-state index in [1.807, 2.05) is 5.32 Å². The molecule has 2 aromatic carbocycles. The van der Waals surface area contributed by atoms with Crippen molar-refractivity contribution in [3.05, 3.63) is 69.0 Å². The van der Waals surface area contributed by atoms with Crippen molar-refractivity contribution in [3.63, 3.8) is 0 Å². The van der Waals surface area contributed by atoms with E-state index in [0.717, 1.165) is 25.0 Å². The maximum absolute atomic E-state index is 13.4. The van der Waals surface area contributed by atoms with Crippen LogP contribution in [0, 0.1) is 15.9 Å². The summed E-state index contributed by atoms with van der Waals surface area (Å²) in [6.07, 6.45) is 4.70. The quantitative estimate of drug-likeness (QED) is 0.590. The lowest BCUT2D eigenvalue weighted by Gasteiger charge is -2.20. The first-order valence-corrected chi connectivity index (χ1v) is 9.56. The first-order chi connectivity index (χ1) is 13.3. The van der Waals surface area contributed by atoms with Crippen LogP contribution in [0.15, 0.2) is 36.4 Å². The number of aryl methyl sites for hydroxylation is 2. The smallest absolute Gasteiger partial charge is 0.306 e. The van der Waals surface area contributed by atoms with Crippen LogP contribution >= 0.6 is 0 Å². The highest BCUT2D eigenvalue weighted by molar-refractivity contribution is 5.93. The monoisotopic (exact) mass is 386 g/mol. The molecule has 3 N–H and O–H groups in total. The number of carbonyl (C=O) groups excluding carboxylic acids is 1. The number of carbonyl (C=O) groups is 1. The molecule has 1 amide bonds. The van der Waals surface area contributed by atoms with Crippen LogP contribution in [0.4, 0.5) is 15.8 Å². The fourth-order valence-corrected chi connectivity index (χ4v) is 3.65. The third kappa shape index (κ3) is 4.54. The number of nitro benzene ring substituents is 1. The molecule has 0 aliphatic heterocycles. The lowest BCUT2D eigenvalue weighted by atomic mass is 9.89. The Balaban J connectivity index is 1.64. The molecule has 0 heterocycles. The molecule has 0 spiro atoms. The molecule has 0 unspecified atom stereocenters. The van der Waals surface area contributed by atoms with Crippen molar-refractivity contribution in [1.29, 1.82) is 0 Å². The van der Waals surface area contributed by atoms with Gasteiger partial charge in [0.15, 0.2) is 6.04 Å². The van der Waals surface area contributed by atoms with E-state index in [1.54, 1.807) is 6.92 Å². The molecule has 0 bridgehead atoms.